The van der Waals surface area contributed by atoms with Crippen molar-refractivity contribution in [3.63, 3.8) is 0 Å². The Kier molecular flexibility index (Phi) is 4.36. The standard InChI is InChI=1S/C15H21N5O2S/c1-16-15-12(4-3-6-17-15)10-20-7-5-11(9-20)14-13(8-18-19-14)23(2,21)22/h3-4,6,8,11H,5,7,9-10H2,1-2H3,(H,16,17)(H,18,19)/t11-/m0/s1. The van der Waals surface area contributed by atoms with E-state index in [-0.39, 0.29) is 5.92 Å². The lowest BCUT2D eigenvalue weighted by Crippen LogP contribution is -2.21. The number of hydrogen-bond acceptors (Lipinski definition) is 6. The average molecular weight is 335 g/mol. The van der Waals surface area contributed by atoms with Crippen molar-refractivity contribution in [2.45, 2.75) is 23.8 Å². The minimum atomic E-state index is -3.25. The van der Waals surface area contributed by atoms with Gasteiger partial charge in [0, 0.05) is 44.1 Å². The molecule has 2 aromatic heterocycles. The van der Waals surface area contributed by atoms with Crippen molar-refractivity contribution < 1.29 is 8.42 Å². The van der Waals surface area contributed by atoms with Crippen LogP contribution in [0, 0.1) is 0 Å². The third-order valence-electron chi connectivity index (χ3n) is 4.23. The van der Waals surface area contributed by atoms with Crippen molar-refractivity contribution in [3.8, 4) is 0 Å². The van der Waals surface area contributed by atoms with Crippen LogP contribution in [0.4, 0.5) is 5.82 Å². The van der Waals surface area contributed by atoms with Crippen molar-refractivity contribution in [2.24, 2.45) is 0 Å². The van der Waals surface area contributed by atoms with Crippen molar-refractivity contribution in [1.29, 1.82) is 0 Å². The number of nitrogens with one attached hydrogen (secondary N) is 2. The lowest BCUT2D eigenvalue weighted by molar-refractivity contribution is 0.326. The number of sulfone groups is 1. The highest BCUT2D eigenvalue weighted by Gasteiger charge is 2.29. The molecule has 3 heterocycles. The molecule has 8 heteroatoms. The first-order chi connectivity index (χ1) is 11.0. The summed E-state index contributed by atoms with van der Waals surface area (Å²) in [5, 5.41) is 9.91. The number of nitrogens with zero attached hydrogens (tertiary/aromatic N) is 3. The lowest BCUT2D eigenvalue weighted by Gasteiger charge is -2.17. The normalized spacial score (nSPS) is 19.1. The van der Waals surface area contributed by atoms with Gasteiger partial charge in [-0.1, -0.05) is 6.07 Å². The van der Waals surface area contributed by atoms with Crippen LogP contribution < -0.4 is 5.32 Å². The number of aromatic amines is 1. The molecule has 1 aliphatic rings. The van der Waals surface area contributed by atoms with Gasteiger partial charge in [-0.15, -0.1) is 0 Å². The van der Waals surface area contributed by atoms with Crippen LogP contribution >= 0.6 is 0 Å². The molecule has 0 aromatic carbocycles. The van der Waals surface area contributed by atoms with Gasteiger partial charge < -0.3 is 5.32 Å². The van der Waals surface area contributed by atoms with Gasteiger partial charge in [-0.3, -0.25) is 10.00 Å². The quantitative estimate of drug-likeness (QED) is 0.854. The van der Waals surface area contributed by atoms with E-state index in [1.807, 2.05) is 13.1 Å². The monoisotopic (exact) mass is 335 g/mol. The second kappa shape index (κ2) is 6.29. The van der Waals surface area contributed by atoms with Crippen LogP contribution in [0.15, 0.2) is 29.4 Å². The maximum Gasteiger partial charge on any atom is 0.178 e. The zero-order valence-corrected chi connectivity index (χ0v) is 14.1. The summed E-state index contributed by atoms with van der Waals surface area (Å²) in [6.07, 6.45) is 5.32. The Hall–Kier alpha value is -1.93. The Bertz CT molecular complexity index is 787. The summed E-state index contributed by atoms with van der Waals surface area (Å²) in [6.45, 7) is 2.52. The van der Waals surface area contributed by atoms with E-state index < -0.39 is 9.84 Å². The Morgan fingerprint density at radius 2 is 2.30 bits per heavy atom. The first kappa shape index (κ1) is 15.9. The summed E-state index contributed by atoms with van der Waals surface area (Å²) in [5.74, 6) is 1.05. The zero-order valence-electron chi connectivity index (χ0n) is 13.3. The van der Waals surface area contributed by atoms with Crippen molar-refractivity contribution in [2.75, 3.05) is 31.7 Å². The van der Waals surface area contributed by atoms with Crippen molar-refractivity contribution in [1.82, 2.24) is 20.1 Å². The molecule has 1 fully saturated rings. The summed E-state index contributed by atoms with van der Waals surface area (Å²) in [7, 11) is -1.38. The molecule has 1 aliphatic heterocycles. The first-order valence-electron chi connectivity index (χ1n) is 7.56. The summed E-state index contributed by atoms with van der Waals surface area (Å²) < 4.78 is 23.7. The van der Waals surface area contributed by atoms with Gasteiger partial charge in [0.1, 0.15) is 10.7 Å². The van der Waals surface area contributed by atoms with Crippen molar-refractivity contribution >= 4 is 15.7 Å². The summed E-state index contributed by atoms with van der Waals surface area (Å²) >= 11 is 0. The molecule has 0 saturated carbocycles. The largest absolute Gasteiger partial charge is 0.373 e. The van der Waals surface area contributed by atoms with E-state index in [0.29, 0.717) is 4.90 Å². The number of rotatable bonds is 5. The van der Waals surface area contributed by atoms with E-state index in [2.05, 4.69) is 31.5 Å². The van der Waals surface area contributed by atoms with Crippen LogP contribution in [0.3, 0.4) is 0 Å². The Balaban J connectivity index is 1.73. The van der Waals surface area contributed by atoms with Gasteiger partial charge in [0.25, 0.3) is 0 Å². The Labute approximate surface area is 136 Å². The predicted octanol–water partition coefficient (Wildman–Crippen LogP) is 1.24. The first-order valence-corrected chi connectivity index (χ1v) is 9.45. The Morgan fingerprint density at radius 1 is 1.48 bits per heavy atom. The van der Waals surface area contributed by atoms with Gasteiger partial charge >= 0.3 is 0 Å². The number of H-pyrrole nitrogens is 1. The molecule has 2 N–H and O–H groups in total. The fourth-order valence-corrected chi connectivity index (χ4v) is 3.97. The molecule has 0 aliphatic carbocycles. The zero-order chi connectivity index (χ0) is 16.4. The number of likely N-dealkylation sites (tertiary alicyclic amines) is 1. The highest BCUT2D eigenvalue weighted by atomic mass is 32.2. The lowest BCUT2D eigenvalue weighted by atomic mass is 10.1. The highest BCUT2D eigenvalue weighted by Crippen LogP contribution is 2.31. The van der Waals surface area contributed by atoms with E-state index in [1.165, 1.54) is 12.5 Å². The molecule has 0 amide bonds. The fraction of sp³-hybridized carbons (Fsp3) is 0.467. The predicted molar refractivity (Wildman–Crippen MR) is 88.1 cm³/mol. The topological polar surface area (TPSA) is 91.0 Å². The van der Waals surface area contributed by atoms with E-state index in [9.17, 15) is 8.42 Å². The Morgan fingerprint density at radius 3 is 3.04 bits per heavy atom. The second-order valence-corrected chi connectivity index (χ2v) is 7.89. The molecular weight excluding hydrogens is 314 g/mol. The summed E-state index contributed by atoms with van der Waals surface area (Å²) in [5.41, 5.74) is 1.87. The van der Waals surface area contributed by atoms with Gasteiger partial charge in [0.2, 0.25) is 0 Å². The third kappa shape index (κ3) is 3.37. The smallest absolute Gasteiger partial charge is 0.178 e. The van der Waals surface area contributed by atoms with Crippen LogP contribution in [0.5, 0.6) is 0 Å². The maximum atomic E-state index is 11.8. The van der Waals surface area contributed by atoms with Crippen LogP contribution in [-0.4, -0.2) is 54.9 Å². The number of aromatic nitrogens is 3. The minimum Gasteiger partial charge on any atom is -0.373 e. The van der Waals surface area contributed by atoms with Crippen LogP contribution in [0.2, 0.25) is 0 Å². The average Bonchev–Trinajstić information content (AvgIpc) is 3.15. The molecule has 3 rings (SSSR count). The molecule has 0 spiro atoms. The van der Waals surface area contributed by atoms with E-state index >= 15 is 0 Å². The van der Waals surface area contributed by atoms with Gasteiger partial charge in [-0.05, 0) is 19.0 Å². The van der Waals surface area contributed by atoms with Crippen molar-refractivity contribution in [3.05, 3.63) is 35.8 Å². The number of hydrogen-bond donors (Lipinski definition) is 2. The van der Waals surface area contributed by atoms with E-state index in [1.54, 1.807) is 6.20 Å². The van der Waals surface area contributed by atoms with Crippen LogP contribution in [0.1, 0.15) is 23.6 Å². The van der Waals surface area contributed by atoms with Gasteiger partial charge in [0.05, 0.1) is 11.9 Å². The molecule has 23 heavy (non-hydrogen) atoms. The molecule has 2 aromatic rings. The molecule has 124 valence electrons. The molecule has 7 nitrogen and oxygen atoms in total. The van der Waals surface area contributed by atoms with E-state index in [0.717, 1.165) is 43.1 Å². The molecule has 1 saturated heterocycles. The van der Waals surface area contributed by atoms with Crippen LogP contribution in [0.25, 0.3) is 0 Å². The second-order valence-electron chi connectivity index (χ2n) is 5.90. The minimum absolute atomic E-state index is 0.164. The molecule has 1 atom stereocenters. The molecular formula is C15H21N5O2S. The maximum absolute atomic E-state index is 11.8. The van der Waals surface area contributed by atoms with E-state index in [4.69, 9.17) is 0 Å². The summed E-state index contributed by atoms with van der Waals surface area (Å²) in [4.78, 5) is 6.96. The van der Waals surface area contributed by atoms with Gasteiger partial charge in [-0.2, -0.15) is 5.10 Å². The van der Waals surface area contributed by atoms with Crippen LogP contribution in [-0.2, 0) is 16.4 Å². The highest BCUT2D eigenvalue weighted by molar-refractivity contribution is 7.90. The molecule has 0 unspecified atom stereocenters. The number of anilines is 1. The third-order valence-corrected chi connectivity index (χ3v) is 5.36. The molecule has 0 bridgehead atoms. The fourth-order valence-electron chi connectivity index (χ4n) is 3.12. The summed E-state index contributed by atoms with van der Waals surface area (Å²) in [6, 6.07) is 3.99. The SMILES string of the molecule is CNc1ncccc1CN1CC[C@H](c2[nH]ncc2S(C)(=O)=O)C1. The number of pyridine rings is 1. The molecule has 0 radical (unpaired) electrons. The van der Waals surface area contributed by atoms with Gasteiger partial charge in [0.15, 0.2) is 9.84 Å². The van der Waals surface area contributed by atoms with Gasteiger partial charge in [-0.25, -0.2) is 13.4 Å².